The van der Waals surface area contributed by atoms with E-state index in [-0.39, 0.29) is 0 Å². The highest BCUT2D eigenvalue weighted by Crippen LogP contribution is 2.34. The fraction of sp³-hybridized carbons (Fsp3) is 0. The minimum absolute atomic E-state index is 1.35. The van der Waals surface area contributed by atoms with Gasteiger partial charge >= 0.3 is 0 Å². The van der Waals surface area contributed by atoms with Crippen molar-refractivity contribution in [2.24, 2.45) is 0 Å². The van der Waals surface area contributed by atoms with Gasteiger partial charge in [0.2, 0.25) is 0 Å². The van der Waals surface area contributed by atoms with Crippen molar-refractivity contribution in [2.75, 3.05) is 0 Å². The second kappa shape index (κ2) is 4.14. The van der Waals surface area contributed by atoms with Crippen LogP contribution >= 0.6 is 45.2 Å². The summed E-state index contributed by atoms with van der Waals surface area (Å²) in [7, 11) is 0. The van der Waals surface area contributed by atoms with Crippen LogP contribution in [0.4, 0.5) is 0 Å². The van der Waals surface area contributed by atoms with Gasteiger partial charge in [-0.2, -0.15) is 0 Å². The lowest BCUT2D eigenvalue weighted by Crippen LogP contribution is -1.86. The van der Waals surface area contributed by atoms with Gasteiger partial charge in [-0.3, -0.25) is 0 Å². The molecule has 0 heterocycles. The lowest BCUT2D eigenvalue weighted by molar-refractivity contribution is 1.71. The molecule has 0 bridgehead atoms. The largest absolute Gasteiger partial charge is 0.0616 e. The van der Waals surface area contributed by atoms with Crippen molar-refractivity contribution in [3.8, 4) is 0 Å². The molecule has 0 spiro atoms. The van der Waals surface area contributed by atoms with E-state index >= 15 is 0 Å². The molecule has 3 rings (SSSR count). The van der Waals surface area contributed by atoms with E-state index in [1.165, 1.54) is 28.7 Å². The van der Waals surface area contributed by atoms with Gasteiger partial charge in [0.05, 0.1) is 0 Å². The molecule has 0 aromatic heterocycles. The van der Waals surface area contributed by atoms with Gasteiger partial charge in [0, 0.05) is 7.14 Å². The highest BCUT2D eigenvalue weighted by Gasteiger charge is 2.08. The quantitative estimate of drug-likeness (QED) is 0.340. The van der Waals surface area contributed by atoms with Gasteiger partial charge < -0.3 is 0 Å². The van der Waals surface area contributed by atoms with E-state index in [1.54, 1.807) is 0 Å². The summed E-state index contributed by atoms with van der Waals surface area (Å²) in [6.45, 7) is 0. The monoisotopic (exact) mass is 430 g/mol. The Morgan fingerprint density at radius 2 is 0.750 bits per heavy atom. The summed E-state index contributed by atoms with van der Waals surface area (Å²) in [5.41, 5.74) is 0. The fourth-order valence-electron chi connectivity index (χ4n) is 2.02. The molecule has 0 N–H and O–H groups in total. The molecule has 3 aromatic carbocycles. The van der Waals surface area contributed by atoms with Crippen LogP contribution in [0, 0.1) is 7.14 Å². The molecule has 3 aromatic rings. The second-order valence-corrected chi connectivity index (χ2v) is 5.88. The van der Waals surface area contributed by atoms with E-state index in [0.29, 0.717) is 0 Å². The minimum atomic E-state index is 1.35. The predicted octanol–water partition coefficient (Wildman–Crippen LogP) is 5.20. The van der Waals surface area contributed by atoms with Crippen LogP contribution in [0.1, 0.15) is 0 Å². The van der Waals surface area contributed by atoms with Gasteiger partial charge in [-0.25, -0.2) is 0 Å². The normalized spacial score (nSPS) is 11.1. The molecule has 0 fully saturated rings. The Balaban J connectivity index is 2.67. The summed E-state index contributed by atoms with van der Waals surface area (Å²) in [5.74, 6) is 0. The van der Waals surface area contributed by atoms with Gasteiger partial charge in [0.15, 0.2) is 0 Å². The maximum absolute atomic E-state index is 2.45. The third-order valence-electron chi connectivity index (χ3n) is 2.80. The molecular formula is C14H8I2. The lowest BCUT2D eigenvalue weighted by Gasteiger charge is -2.09. The number of halogens is 2. The molecule has 0 aliphatic carbocycles. The topological polar surface area (TPSA) is 0 Å². The number of fused-ring (bicyclic) bond motifs is 2. The number of hydrogen-bond acceptors (Lipinski definition) is 0. The number of hydrogen-bond donors (Lipinski definition) is 0. The molecule has 0 saturated carbocycles. The van der Waals surface area contributed by atoms with Crippen molar-refractivity contribution in [3.05, 3.63) is 55.7 Å². The van der Waals surface area contributed by atoms with Crippen LogP contribution in [0.15, 0.2) is 48.5 Å². The van der Waals surface area contributed by atoms with Crippen LogP contribution in [-0.4, -0.2) is 0 Å². The zero-order valence-corrected chi connectivity index (χ0v) is 12.7. The first-order valence-electron chi connectivity index (χ1n) is 5.03. The molecule has 2 heteroatoms. The van der Waals surface area contributed by atoms with E-state index in [4.69, 9.17) is 0 Å². The average molecular weight is 430 g/mol. The average Bonchev–Trinajstić information content (AvgIpc) is 2.36. The maximum atomic E-state index is 2.45. The molecule has 0 radical (unpaired) electrons. The van der Waals surface area contributed by atoms with Crippen molar-refractivity contribution in [1.82, 2.24) is 0 Å². The molecule has 0 aliphatic heterocycles. The molecule has 0 atom stereocenters. The first-order chi connectivity index (χ1) is 7.79. The minimum Gasteiger partial charge on any atom is -0.0616 e. The molecule has 0 unspecified atom stereocenters. The summed E-state index contributed by atoms with van der Waals surface area (Å²) in [6.07, 6.45) is 0. The van der Waals surface area contributed by atoms with Crippen molar-refractivity contribution in [1.29, 1.82) is 0 Å². The Morgan fingerprint density at radius 1 is 0.500 bits per heavy atom. The molecule has 16 heavy (non-hydrogen) atoms. The molecule has 0 nitrogen and oxygen atoms in total. The van der Waals surface area contributed by atoms with Crippen LogP contribution < -0.4 is 0 Å². The van der Waals surface area contributed by atoms with Crippen molar-refractivity contribution in [3.63, 3.8) is 0 Å². The number of benzene rings is 3. The van der Waals surface area contributed by atoms with Gasteiger partial charge in [-0.05, 0) is 66.7 Å². The van der Waals surface area contributed by atoms with Gasteiger partial charge in [-0.1, -0.05) is 48.5 Å². The van der Waals surface area contributed by atoms with Crippen LogP contribution in [0.2, 0.25) is 0 Å². The summed E-state index contributed by atoms with van der Waals surface area (Å²) in [5, 5.41) is 5.41. The molecule has 0 amide bonds. The van der Waals surface area contributed by atoms with Crippen LogP contribution in [0.3, 0.4) is 0 Å². The predicted molar refractivity (Wildman–Crippen MR) is 86.9 cm³/mol. The Kier molecular flexibility index (Phi) is 2.79. The lowest BCUT2D eigenvalue weighted by atomic mass is 10.0. The molecule has 78 valence electrons. The van der Waals surface area contributed by atoms with E-state index < -0.39 is 0 Å². The molecular weight excluding hydrogens is 422 g/mol. The van der Waals surface area contributed by atoms with E-state index in [0.717, 1.165) is 0 Å². The van der Waals surface area contributed by atoms with E-state index in [9.17, 15) is 0 Å². The van der Waals surface area contributed by atoms with E-state index in [1.807, 2.05) is 0 Å². The maximum Gasteiger partial charge on any atom is 0.0287 e. The molecule has 0 saturated heterocycles. The Hall–Kier alpha value is -0.360. The highest BCUT2D eigenvalue weighted by molar-refractivity contribution is 14.1. The Labute approximate surface area is 121 Å². The zero-order valence-electron chi connectivity index (χ0n) is 8.37. The smallest absolute Gasteiger partial charge is 0.0287 e. The summed E-state index contributed by atoms with van der Waals surface area (Å²) in [4.78, 5) is 0. The van der Waals surface area contributed by atoms with Crippen molar-refractivity contribution in [2.45, 2.75) is 0 Å². The third kappa shape index (κ3) is 1.54. The van der Waals surface area contributed by atoms with Gasteiger partial charge in [-0.15, -0.1) is 0 Å². The van der Waals surface area contributed by atoms with Crippen molar-refractivity contribution >= 4 is 66.7 Å². The second-order valence-electron chi connectivity index (χ2n) is 3.72. The van der Waals surface area contributed by atoms with E-state index in [2.05, 4.69) is 93.7 Å². The fourth-order valence-corrected chi connectivity index (χ4v) is 3.90. The first-order valence-corrected chi connectivity index (χ1v) is 7.19. The highest BCUT2D eigenvalue weighted by atomic mass is 127. The van der Waals surface area contributed by atoms with Crippen LogP contribution in [0.5, 0.6) is 0 Å². The molecule has 0 aliphatic rings. The summed E-state index contributed by atoms with van der Waals surface area (Å²) >= 11 is 4.90. The van der Waals surface area contributed by atoms with Gasteiger partial charge in [0.1, 0.15) is 0 Å². The SMILES string of the molecule is Ic1c2ccccc2c(I)c2ccccc12. The zero-order chi connectivity index (χ0) is 11.1. The van der Waals surface area contributed by atoms with Crippen molar-refractivity contribution < 1.29 is 0 Å². The van der Waals surface area contributed by atoms with Crippen LogP contribution in [-0.2, 0) is 0 Å². The third-order valence-corrected chi connectivity index (χ3v) is 5.12. The summed E-state index contributed by atoms with van der Waals surface area (Å²) < 4.78 is 2.70. The van der Waals surface area contributed by atoms with Gasteiger partial charge in [0.25, 0.3) is 0 Å². The Morgan fingerprint density at radius 3 is 1.00 bits per heavy atom. The first kappa shape index (κ1) is 10.8. The van der Waals surface area contributed by atoms with Crippen LogP contribution in [0.25, 0.3) is 21.5 Å². The Bertz CT molecular complexity index is 570. The summed E-state index contributed by atoms with van der Waals surface area (Å²) in [6, 6.07) is 17.2. The number of rotatable bonds is 0. The standard InChI is InChI=1S/C14H8I2/c15-13-9-5-1-2-6-10(9)14(16)12-8-4-3-7-11(12)13/h1-8H.